The maximum absolute atomic E-state index is 13.8. The number of hydrogen-bond acceptors (Lipinski definition) is 5. The van der Waals surface area contributed by atoms with Gasteiger partial charge in [-0.3, -0.25) is 0 Å². The summed E-state index contributed by atoms with van der Waals surface area (Å²) in [5.74, 6) is 1.91. The van der Waals surface area contributed by atoms with Crippen molar-refractivity contribution in [2.24, 2.45) is 0 Å². The van der Waals surface area contributed by atoms with Gasteiger partial charge in [-0.2, -0.15) is 0 Å². The average molecular weight is 633 g/mol. The van der Waals surface area contributed by atoms with Crippen LogP contribution in [-0.2, 0) is 9.09 Å². The molecule has 5 nitrogen and oxygen atoms in total. The van der Waals surface area contributed by atoms with E-state index in [-0.39, 0.29) is 0 Å². The fourth-order valence-electron chi connectivity index (χ4n) is 5.71. The number of fused-ring (bicyclic) bond motifs is 3. The number of benzene rings is 4. The molecule has 0 spiro atoms. The molecule has 234 valence electrons. The molecule has 1 unspecified atom stereocenters. The van der Waals surface area contributed by atoms with Crippen LogP contribution in [0.4, 0.5) is 0 Å². The fraction of sp³-hybridized carbons (Fsp3) is 0.351. The van der Waals surface area contributed by atoms with Crippen LogP contribution in [0.5, 0.6) is 17.2 Å². The molecule has 0 amide bonds. The summed E-state index contributed by atoms with van der Waals surface area (Å²) in [5, 5.41) is 1.30. The third-order valence-corrected chi connectivity index (χ3v) is 12.3. The van der Waals surface area contributed by atoms with Crippen molar-refractivity contribution in [1.29, 1.82) is 0 Å². The maximum atomic E-state index is 13.8. The molecule has 1 atom stereocenters. The normalized spacial score (nSPS) is 14.2. The van der Waals surface area contributed by atoms with Crippen molar-refractivity contribution in [2.75, 3.05) is 6.61 Å². The topological polar surface area (TPSA) is 54.0 Å². The van der Waals surface area contributed by atoms with Gasteiger partial charge in [0.25, 0.3) is 0 Å². The SMILES string of the molecule is CCCCCCCCCCCCCO[PH](Oc1ccccc1)(Oc1ccccc1)c1cccc2c1[PH](=O)Oc1ccccc1-2. The van der Waals surface area contributed by atoms with Gasteiger partial charge in [0.2, 0.25) is 0 Å². The van der Waals surface area contributed by atoms with Crippen LogP contribution in [0.1, 0.15) is 77.6 Å². The number of rotatable bonds is 18. The standard InChI is InChI=1S/C37H46O5P2/c1-2-3-4-5-6-7-8-9-10-11-20-30-39-44(41-31-22-14-12-15-23-31,42-32-24-16-13-17-25-32)36-29-21-27-34-33-26-18-19-28-35(33)40-43(38)37(34)36/h12-19,21-29,43-44H,2-11,20,30H2,1H3. The second kappa shape index (κ2) is 16.8. The van der Waals surface area contributed by atoms with Crippen molar-refractivity contribution in [2.45, 2.75) is 77.6 Å². The molecule has 4 aromatic rings. The van der Waals surface area contributed by atoms with Crippen molar-refractivity contribution in [3.05, 3.63) is 103 Å². The van der Waals surface area contributed by atoms with Gasteiger partial charge >= 0.3 is 252 Å². The Morgan fingerprint density at radius 2 is 1.11 bits per heavy atom. The van der Waals surface area contributed by atoms with Crippen LogP contribution in [0, 0.1) is 0 Å². The molecule has 1 aliphatic rings. The molecule has 7 heteroatoms. The quantitative estimate of drug-likeness (QED) is 0.0807. The van der Waals surface area contributed by atoms with E-state index in [1.165, 1.54) is 57.8 Å². The predicted octanol–water partition coefficient (Wildman–Crippen LogP) is 10.5. The van der Waals surface area contributed by atoms with Crippen molar-refractivity contribution in [3.63, 3.8) is 0 Å². The van der Waals surface area contributed by atoms with Gasteiger partial charge in [0.15, 0.2) is 0 Å². The Hall–Kier alpha value is -3.10. The molecule has 5 rings (SSSR count). The van der Waals surface area contributed by atoms with E-state index in [1.807, 2.05) is 103 Å². The summed E-state index contributed by atoms with van der Waals surface area (Å²) in [6.07, 6.45) is 13.8. The summed E-state index contributed by atoms with van der Waals surface area (Å²) in [6, 6.07) is 32.9. The molecule has 0 fully saturated rings. The molecular weight excluding hydrogens is 586 g/mol. The number of unbranched alkanes of at least 4 members (excludes halogenated alkanes) is 10. The molecule has 0 saturated heterocycles. The summed E-state index contributed by atoms with van der Waals surface area (Å²) in [5.41, 5.74) is 1.78. The van der Waals surface area contributed by atoms with E-state index >= 15 is 0 Å². The fourth-order valence-corrected chi connectivity index (χ4v) is 10.3. The van der Waals surface area contributed by atoms with E-state index in [2.05, 4.69) is 6.92 Å². The van der Waals surface area contributed by atoms with Gasteiger partial charge in [0.1, 0.15) is 0 Å². The third kappa shape index (κ3) is 8.54. The first kappa shape index (κ1) is 32.3. The van der Waals surface area contributed by atoms with Gasteiger partial charge in [-0.15, -0.1) is 0 Å². The van der Waals surface area contributed by atoms with E-state index in [1.54, 1.807) is 0 Å². The van der Waals surface area contributed by atoms with E-state index in [0.29, 0.717) is 34.5 Å². The van der Waals surface area contributed by atoms with Crippen LogP contribution in [0.2, 0.25) is 0 Å². The summed E-state index contributed by atoms with van der Waals surface area (Å²) >= 11 is 0. The summed E-state index contributed by atoms with van der Waals surface area (Å²) in [7, 11) is -6.41. The molecule has 0 saturated carbocycles. The summed E-state index contributed by atoms with van der Waals surface area (Å²) < 4.78 is 40.3. The van der Waals surface area contributed by atoms with E-state index in [0.717, 1.165) is 24.0 Å². The number of para-hydroxylation sites is 3. The van der Waals surface area contributed by atoms with Crippen LogP contribution in [0.3, 0.4) is 0 Å². The van der Waals surface area contributed by atoms with Crippen LogP contribution >= 0.6 is 16.0 Å². The van der Waals surface area contributed by atoms with E-state index in [9.17, 15) is 4.57 Å². The van der Waals surface area contributed by atoms with Gasteiger partial charge in [-0.25, -0.2) is 0 Å². The molecule has 0 bridgehead atoms. The predicted molar refractivity (Wildman–Crippen MR) is 186 cm³/mol. The van der Waals surface area contributed by atoms with Gasteiger partial charge < -0.3 is 0 Å². The molecular formula is C37H46O5P2. The second-order valence-electron chi connectivity index (χ2n) is 11.4. The molecule has 4 aromatic carbocycles. The van der Waals surface area contributed by atoms with Crippen LogP contribution in [0.25, 0.3) is 11.1 Å². The molecule has 0 radical (unpaired) electrons. The molecule has 0 aromatic heterocycles. The Kier molecular flexibility index (Phi) is 12.4. The number of hydrogen-bond donors (Lipinski definition) is 0. The minimum absolute atomic E-state index is 0.477. The zero-order valence-corrected chi connectivity index (χ0v) is 27.8. The van der Waals surface area contributed by atoms with Crippen LogP contribution in [0.15, 0.2) is 103 Å². The van der Waals surface area contributed by atoms with Gasteiger partial charge in [-0.05, 0) is 0 Å². The molecule has 44 heavy (non-hydrogen) atoms. The third-order valence-electron chi connectivity index (χ3n) is 8.01. The summed E-state index contributed by atoms with van der Waals surface area (Å²) in [4.78, 5) is 0. The van der Waals surface area contributed by atoms with E-state index < -0.39 is 16.0 Å². The Labute approximate surface area is 264 Å². The zero-order valence-electron chi connectivity index (χ0n) is 25.8. The first-order chi connectivity index (χ1) is 21.7. The monoisotopic (exact) mass is 632 g/mol. The Balaban J connectivity index is 1.39. The van der Waals surface area contributed by atoms with Crippen molar-refractivity contribution in [3.8, 4) is 28.4 Å². The van der Waals surface area contributed by atoms with Gasteiger partial charge in [0, 0.05) is 0 Å². The van der Waals surface area contributed by atoms with Crippen molar-refractivity contribution >= 4 is 26.6 Å². The van der Waals surface area contributed by atoms with Crippen molar-refractivity contribution in [1.82, 2.24) is 0 Å². The Morgan fingerprint density at radius 1 is 0.591 bits per heavy atom. The molecule has 0 aliphatic carbocycles. The first-order valence-corrected chi connectivity index (χ1v) is 19.3. The van der Waals surface area contributed by atoms with Gasteiger partial charge in [-0.1, -0.05) is 13.3 Å². The summed E-state index contributed by atoms with van der Waals surface area (Å²) in [6.45, 7) is 2.74. The average Bonchev–Trinajstić information content (AvgIpc) is 3.06. The first-order valence-electron chi connectivity index (χ1n) is 16.3. The Bertz CT molecular complexity index is 1420. The van der Waals surface area contributed by atoms with Crippen LogP contribution in [-0.4, -0.2) is 6.61 Å². The van der Waals surface area contributed by atoms with Crippen LogP contribution < -0.4 is 24.2 Å². The minimum atomic E-state index is -3.75. The Morgan fingerprint density at radius 3 is 1.73 bits per heavy atom. The second-order valence-corrected chi connectivity index (χ2v) is 15.0. The zero-order chi connectivity index (χ0) is 30.5. The van der Waals surface area contributed by atoms with Crippen molar-refractivity contribution < 1.29 is 22.7 Å². The molecule has 1 aliphatic heterocycles. The molecule has 0 N–H and O–H groups in total. The van der Waals surface area contributed by atoms with E-state index in [4.69, 9.17) is 18.1 Å². The van der Waals surface area contributed by atoms with Gasteiger partial charge in [0.05, 0.1) is 0 Å². The molecule has 1 heterocycles.